The zero-order chi connectivity index (χ0) is 16.5. The molecule has 0 spiro atoms. The molecule has 0 aliphatic carbocycles. The number of ether oxygens (including phenoxy) is 1. The SMILES string of the molecule is CC(C)N1C[C@@H](C(=O)OC(C)(C)C)[C@H](c2ccc(F)cc2)C1. The maximum absolute atomic E-state index is 13.2. The summed E-state index contributed by atoms with van der Waals surface area (Å²) in [5.74, 6) is -0.564. The molecular weight excluding hydrogens is 281 g/mol. The van der Waals surface area contributed by atoms with Gasteiger partial charge in [-0.1, -0.05) is 12.1 Å². The first-order valence-electron chi connectivity index (χ1n) is 7.90. The van der Waals surface area contributed by atoms with Crippen molar-refractivity contribution in [1.29, 1.82) is 0 Å². The Bertz CT molecular complexity index is 519. The Hall–Kier alpha value is -1.42. The van der Waals surface area contributed by atoms with Crippen LogP contribution in [0.15, 0.2) is 24.3 Å². The average molecular weight is 307 g/mol. The maximum atomic E-state index is 13.2. The molecule has 0 aromatic heterocycles. The van der Waals surface area contributed by atoms with Crippen molar-refractivity contribution in [2.45, 2.75) is 52.2 Å². The Balaban J connectivity index is 2.23. The molecule has 2 atom stereocenters. The van der Waals surface area contributed by atoms with E-state index in [0.29, 0.717) is 12.6 Å². The summed E-state index contributed by atoms with van der Waals surface area (Å²) >= 11 is 0. The van der Waals surface area contributed by atoms with Crippen LogP contribution in [0.3, 0.4) is 0 Å². The van der Waals surface area contributed by atoms with Crippen molar-refractivity contribution in [2.75, 3.05) is 13.1 Å². The summed E-state index contributed by atoms with van der Waals surface area (Å²) < 4.78 is 18.7. The van der Waals surface area contributed by atoms with E-state index in [1.807, 2.05) is 20.8 Å². The molecule has 0 unspecified atom stereocenters. The summed E-state index contributed by atoms with van der Waals surface area (Å²) in [6.07, 6.45) is 0. The van der Waals surface area contributed by atoms with E-state index < -0.39 is 5.60 Å². The quantitative estimate of drug-likeness (QED) is 0.799. The summed E-state index contributed by atoms with van der Waals surface area (Å²) in [4.78, 5) is 14.8. The molecule has 4 heteroatoms. The number of nitrogens with zero attached hydrogens (tertiary/aromatic N) is 1. The number of hydrogen-bond donors (Lipinski definition) is 0. The van der Waals surface area contributed by atoms with Crippen LogP contribution in [-0.2, 0) is 9.53 Å². The van der Waals surface area contributed by atoms with Crippen LogP contribution in [0.1, 0.15) is 46.1 Å². The molecule has 1 heterocycles. The molecule has 1 aromatic rings. The molecule has 0 N–H and O–H groups in total. The molecule has 1 saturated heterocycles. The molecule has 122 valence electrons. The lowest BCUT2D eigenvalue weighted by Gasteiger charge is -2.24. The predicted octanol–water partition coefficient (Wildman–Crippen LogP) is 3.59. The first-order chi connectivity index (χ1) is 10.2. The lowest BCUT2D eigenvalue weighted by molar-refractivity contribution is -0.160. The maximum Gasteiger partial charge on any atom is 0.311 e. The largest absolute Gasteiger partial charge is 0.460 e. The van der Waals surface area contributed by atoms with E-state index in [4.69, 9.17) is 4.74 Å². The topological polar surface area (TPSA) is 29.5 Å². The minimum absolute atomic E-state index is 0.0536. The highest BCUT2D eigenvalue weighted by molar-refractivity contribution is 5.75. The van der Waals surface area contributed by atoms with Gasteiger partial charge in [0.2, 0.25) is 0 Å². The van der Waals surface area contributed by atoms with Crippen LogP contribution >= 0.6 is 0 Å². The van der Waals surface area contributed by atoms with E-state index in [-0.39, 0.29) is 23.6 Å². The fraction of sp³-hybridized carbons (Fsp3) is 0.611. The molecule has 1 aliphatic rings. The lowest BCUT2D eigenvalue weighted by Crippen LogP contribution is -2.33. The van der Waals surface area contributed by atoms with Crippen LogP contribution in [-0.4, -0.2) is 35.6 Å². The lowest BCUT2D eigenvalue weighted by atomic mass is 9.89. The van der Waals surface area contributed by atoms with E-state index in [0.717, 1.165) is 12.1 Å². The number of carbonyl (C=O) groups excluding carboxylic acids is 1. The van der Waals surface area contributed by atoms with Crippen molar-refractivity contribution in [2.24, 2.45) is 5.92 Å². The Morgan fingerprint density at radius 3 is 2.32 bits per heavy atom. The number of esters is 1. The minimum atomic E-state index is -0.490. The molecule has 0 amide bonds. The number of rotatable bonds is 3. The summed E-state index contributed by atoms with van der Waals surface area (Å²) in [5.41, 5.74) is 0.510. The average Bonchev–Trinajstić information content (AvgIpc) is 2.83. The van der Waals surface area contributed by atoms with Gasteiger partial charge in [0.1, 0.15) is 11.4 Å². The fourth-order valence-electron chi connectivity index (χ4n) is 2.92. The molecule has 0 saturated carbocycles. The molecule has 1 aromatic carbocycles. The van der Waals surface area contributed by atoms with Gasteiger partial charge in [-0.05, 0) is 52.3 Å². The highest BCUT2D eigenvalue weighted by Gasteiger charge is 2.41. The van der Waals surface area contributed by atoms with Crippen LogP contribution < -0.4 is 0 Å². The first kappa shape index (κ1) is 16.9. The van der Waals surface area contributed by atoms with Crippen molar-refractivity contribution in [1.82, 2.24) is 4.90 Å². The molecule has 1 aliphatic heterocycles. The zero-order valence-corrected chi connectivity index (χ0v) is 14.1. The van der Waals surface area contributed by atoms with Gasteiger partial charge in [-0.3, -0.25) is 9.69 Å². The van der Waals surface area contributed by atoms with Crippen LogP contribution in [0.25, 0.3) is 0 Å². The Morgan fingerprint density at radius 1 is 1.23 bits per heavy atom. The molecular formula is C18H26FNO2. The third-order valence-corrected chi connectivity index (χ3v) is 4.09. The van der Waals surface area contributed by atoms with Crippen LogP contribution in [0.5, 0.6) is 0 Å². The minimum Gasteiger partial charge on any atom is -0.460 e. The fourth-order valence-corrected chi connectivity index (χ4v) is 2.92. The number of hydrogen-bond acceptors (Lipinski definition) is 3. The zero-order valence-electron chi connectivity index (χ0n) is 14.1. The normalized spacial score (nSPS) is 23.0. The van der Waals surface area contributed by atoms with Crippen molar-refractivity contribution < 1.29 is 13.9 Å². The summed E-state index contributed by atoms with van der Waals surface area (Å²) in [6.45, 7) is 11.4. The Labute approximate surface area is 132 Å². The van der Waals surface area contributed by atoms with Gasteiger partial charge in [0, 0.05) is 25.0 Å². The van der Waals surface area contributed by atoms with Gasteiger partial charge in [0.05, 0.1) is 5.92 Å². The van der Waals surface area contributed by atoms with Crippen LogP contribution in [0, 0.1) is 11.7 Å². The number of benzene rings is 1. The summed E-state index contributed by atoms with van der Waals surface area (Å²) in [6, 6.07) is 6.84. The second kappa shape index (κ2) is 6.37. The summed E-state index contributed by atoms with van der Waals surface area (Å²) in [5, 5.41) is 0. The van der Waals surface area contributed by atoms with Gasteiger partial charge in [-0.2, -0.15) is 0 Å². The monoisotopic (exact) mass is 307 g/mol. The standard InChI is InChI=1S/C18H26FNO2/c1-12(2)20-10-15(13-6-8-14(19)9-7-13)16(11-20)17(21)22-18(3,4)5/h6-9,12,15-16H,10-11H2,1-5H3/t15-,16+/m0/s1. The van der Waals surface area contributed by atoms with E-state index >= 15 is 0 Å². The molecule has 0 bridgehead atoms. The Kier molecular flexibility index (Phi) is 4.90. The second-order valence-corrected chi connectivity index (χ2v) is 7.35. The molecule has 0 radical (unpaired) electrons. The highest BCUT2D eigenvalue weighted by atomic mass is 19.1. The van der Waals surface area contributed by atoms with Crippen molar-refractivity contribution in [3.05, 3.63) is 35.6 Å². The van der Waals surface area contributed by atoms with E-state index in [1.54, 1.807) is 12.1 Å². The van der Waals surface area contributed by atoms with Gasteiger partial charge in [-0.15, -0.1) is 0 Å². The molecule has 2 rings (SSSR count). The third kappa shape index (κ3) is 4.07. The van der Waals surface area contributed by atoms with Crippen molar-refractivity contribution in [3.8, 4) is 0 Å². The third-order valence-electron chi connectivity index (χ3n) is 4.09. The number of carbonyl (C=O) groups is 1. The van der Waals surface area contributed by atoms with Gasteiger partial charge < -0.3 is 4.74 Å². The van der Waals surface area contributed by atoms with Crippen LogP contribution in [0.2, 0.25) is 0 Å². The van der Waals surface area contributed by atoms with Crippen LogP contribution in [0.4, 0.5) is 4.39 Å². The van der Waals surface area contributed by atoms with E-state index in [2.05, 4.69) is 18.7 Å². The van der Waals surface area contributed by atoms with Gasteiger partial charge >= 0.3 is 5.97 Å². The van der Waals surface area contributed by atoms with Crippen molar-refractivity contribution >= 4 is 5.97 Å². The first-order valence-corrected chi connectivity index (χ1v) is 7.90. The highest BCUT2D eigenvalue weighted by Crippen LogP contribution is 2.35. The number of likely N-dealkylation sites (tertiary alicyclic amines) is 1. The van der Waals surface area contributed by atoms with E-state index in [1.165, 1.54) is 12.1 Å². The second-order valence-electron chi connectivity index (χ2n) is 7.35. The molecule has 22 heavy (non-hydrogen) atoms. The molecule has 3 nitrogen and oxygen atoms in total. The van der Waals surface area contributed by atoms with Gasteiger partial charge in [-0.25, -0.2) is 4.39 Å². The predicted molar refractivity (Wildman–Crippen MR) is 85.2 cm³/mol. The van der Waals surface area contributed by atoms with Gasteiger partial charge in [0.25, 0.3) is 0 Å². The molecule has 1 fully saturated rings. The number of halogens is 1. The smallest absolute Gasteiger partial charge is 0.311 e. The van der Waals surface area contributed by atoms with Gasteiger partial charge in [0.15, 0.2) is 0 Å². The Morgan fingerprint density at radius 2 is 1.82 bits per heavy atom. The summed E-state index contributed by atoms with van der Waals surface area (Å²) in [7, 11) is 0. The van der Waals surface area contributed by atoms with Crippen molar-refractivity contribution in [3.63, 3.8) is 0 Å². The van der Waals surface area contributed by atoms with E-state index in [9.17, 15) is 9.18 Å².